The van der Waals surface area contributed by atoms with Crippen molar-refractivity contribution in [1.82, 2.24) is 0 Å². The number of carbonyl (C=O) groups is 1. The maximum absolute atomic E-state index is 12.6. The summed E-state index contributed by atoms with van der Waals surface area (Å²) in [6.45, 7) is 7.10. The first-order valence-electron chi connectivity index (χ1n) is 11.8. The SMILES string of the molecule is CO[C@@H]1[C@H](OC(=O)CCCc2ccc(N)cc2)CC[C@]2(CO2)[C@H]1[C@@]1(C)O[C@@H]1CC=C(C)C. The van der Waals surface area contributed by atoms with Crippen LogP contribution in [0.2, 0.25) is 0 Å². The molecule has 0 radical (unpaired) electrons. The van der Waals surface area contributed by atoms with E-state index in [1.807, 2.05) is 24.3 Å². The van der Waals surface area contributed by atoms with E-state index in [-0.39, 0.29) is 41.4 Å². The molecule has 2 aliphatic heterocycles. The van der Waals surface area contributed by atoms with Gasteiger partial charge in [-0.05, 0) is 70.6 Å². The minimum Gasteiger partial charge on any atom is -0.460 e. The highest BCUT2D eigenvalue weighted by Crippen LogP contribution is 2.59. The zero-order valence-electron chi connectivity index (χ0n) is 19.8. The van der Waals surface area contributed by atoms with Crippen LogP contribution in [0.15, 0.2) is 35.9 Å². The largest absolute Gasteiger partial charge is 0.460 e. The Morgan fingerprint density at radius 3 is 2.62 bits per heavy atom. The van der Waals surface area contributed by atoms with Crippen molar-refractivity contribution < 1.29 is 23.7 Å². The first kappa shape index (κ1) is 23.3. The van der Waals surface area contributed by atoms with E-state index >= 15 is 0 Å². The third kappa shape index (κ3) is 4.87. The normalized spacial score (nSPS) is 35.4. The molecule has 32 heavy (non-hydrogen) atoms. The lowest BCUT2D eigenvalue weighted by Crippen LogP contribution is -2.55. The number of benzene rings is 1. The Morgan fingerprint density at radius 1 is 1.28 bits per heavy atom. The van der Waals surface area contributed by atoms with Gasteiger partial charge in [0.1, 0.15) is 23.4 Å². The van der Waals surface area contributed by atoms with E-state index in [1.54, 1.807) is 7.11 Å². The Morgan fingerprint density at radius 2 is 2.00 bits per heavy atom. The quantitative estimate of drug-likeness (QED) is 0.266. The van der Waals surface area contributed by atoms with Crippen LogP contribution in [-0.2, 0) is 30.2 Å². The highest BCUT2D eigenvalue weighted by molar-refractivity contribution is 5.69. The second-order valence-electron chi connectivity index (χ2n) is 10.0. The number of nitrogens with two attached hydrogens (primary N) is 1. The summed E-state index contributed by atoms with van der Waals surface area (Å²) in [7, 11) is 1.71. The Labute approximate surface area is 191 Å². The van der Waals surface area contributed by atoms with Crippen molar-refractivity contribution in [3.8, 4) is 0 Å². The molecule has 1 aromatic rings. The van der Waals surface area contributed by atoms with Crippen LogP contribution >= 0.6 is 0 Å². The molecule has 1 saturated carbocycles. The van der Waals surface area contributed by atoms with Gasteiger partial charge < -0.3 is 24.7 Å². The number of nitrogen functional groups attached to an aromatic ring is 1. The summed E-state index contributed by atoms with van der Waals surface area (Å²) in [5.74, 6) is -0.112. The molecule has 2 heterocycles. The molecule has 3 fully saturated rings. The first-order chi connectivity index (χ1) is 15.3. The van der Waals surface area contributed by atoms with Crippen LogP contribution in [0, 0.1) is 5.92 Å². The fourth-order valence-corrected chi connectivity index (χ4v) is 5.42. The predicted octanol–water partition coefficient (Wildman–Crippen LogP) is 4.21. The van der Waals surface area contributed by atoms with Crippen LogP contribution in [0.1, 0.15) is 58.4 Å². The Balaban J connectivity index is 1.35. The van der Waals surface area contributed by atoms with Crippen molar-refractivity contribution in [1.29, 1.82) is 0 Å². The van der Waals surface area contributed by atoms with Crippen molar-refractivity contribution in [2.75, 3.05) is 19.5 Å². The third-order valence-electron chi connectivity index (χ3n) is 7.35. The minimum atomic E-state index is -0.316. The van der Waals surface area contributed by atoms with Crippen LogP contribution in [0.5, 0.6) is 0 Å². The predicted molar refractivity (Wildman–Crippen MR) is 123 cm³/mol. The second-order valence-corrected chi connectivity index (χ2v) is 10.0. The lowest BCUT2D eigenvalue weighted by Gasteiger charge is -2.42. The van der Waals surface area contributed by atoms with E-state index in [0.29, 0.717) is 6.42 Å². The van der Waals surface area contributed by atoms with Gasteiger partial charge in [0, 0.05) is 19.2 Å². The number of aryl methyl sites for hydroxylation is 1. The summed E-state index contributed by atoms with van der Waals surface area (Å²) in [6.07, 6.45) is 6.35. The fraction of sp³-hybridized carbons (Fsp3) is 0.654. The van der Waals surface area contributed by atoms with Crippen molar-refractivity contribution in [2.24, 2.45) is 5.92 Å². The van der Waals surface area contributed by atoms with E-state index in [9.17, 15) is 4.79 Å². The second kappa shape index (κ2) is 9.16. The lowest BCUT2D eigenvalue weighted by molar-refractivity contribution is -0.172. The van der Waals surface area contributed by atoms with Gasteiger partial charge in [0.25, 0.3) is 0 Å². The summed E-state index contributed by atoms with van der Waals surface area (Å²) in [6, 6.07) is 7.79. The van der Waals surface area contributed by atoms with Gasteiger partial charge in [-0.2, -0.15) is 0 Å². The smallest absolute Gasteiger partial charge is 0.306 e. The average Bonchev–Trinajstić information content (AvgIpc) is 3.66. The maximum Gasteiger partial charge on any atom is 0.306 e. The molecule has 6 atom stereocenters. The molecule has 0 aromatic heterocycles. The molecule has 0 amide bonds. The lowest BCUT2D eigenvalue weighted by atomic mass is 9.68. The van der Waals surface area contributed by atoms with Gasteiger partial charge in [-0.3, -0.25) is 4.79 Å². The van der Waals surface area contributed by atoms with Crippen molar-refractivity contribution >= 4 is 11.7 Å². The standard InChI is InChI=1S/C26H37NO5/c1-17(2)8-13-21-25(3,32-21)24-23(29-4)20(14-15-26(24)16-30-26)31-22(28)7-5-6-18-9-11-19(27)12-10-18/h8-12,20-21,23-24H,5-7,13-16,27H2,1-4H3/t20-,21-,23-,24-,25+,26+/m1/s1. The molecule has 6 nitrogen and oxygen atoms in total. The molecule has 2 N–H and O–H groups in total. The van der Waals surface area contributed by atoms with E-state index in [0.717, 1.165) is 44.4 Å². The number of allylic oxidation sites excluding steroid dienone is 1. The molecule has 0 bridgehead atoms. The number of anilines is 1. The number of epoxide rings is 2. The van der Waals surface area contributed by atoms with E-state index in [2.05, 4.69) is 26.8 Å². The van der Waals surface area contributed by atoms with Crippen LogP contribution < -0.4 is 5.73 Å². The van der Waals surface area contributed by atoms with Gasteiger partial charge in [-0.1, -0.05) is 23.8 Å². The van der Waals surface area contributed by atoms with E-state index in [4.69, 9.17) is 24.7 Å². The van der Waals surface area contributed by atoms with Crippen LogP contribution in [0.3, 0.4) is 0 Å². The molecule has 2 saturated heterocycles. The van der Waals surface area contributed by atoms with Gasteiger partial charge in [0.05, 0.1) is 18.6 Å². The van der Waals surface area contributed by atoms with Crippen molar-refractivity contribution in [2.45, 2.75) is 88.8 Å². The summed E-state index contributed by atoms with van der Waals surface area (Å²) in [5, 5.41) is 0. The number of carbonyl (C=O) groups excluding carboxylic acids is 1. The summed E-state index contributed by atoms with van der Waals surface area (Å²) in [4.78, 5) is 12.6. The van der Waals surface area contributed by atoms with Gasteiger partial charge in [0.2, 0.25) is 0 Å². The van der Waals surface area contributed by atoms with Crippen molar-refractivity contribution in [3.05, 3.63) is 41.5 Å². The zero-order valence-corrected chi connectivity index (χ0v) is 19.8. The molecular formula is C26H37NO5. The number of hydrogen-bond acceptors (Lipinski definition) is 6. The van der Waals surface area contributed by atoms with E-state index in [1.165, 1.54) is 11.1 Å². The van der Waals surface area contributed by atoms with Gasteiger partial charge in [-0.25, -0.2) is 0 Å². The number of rotatable bonds is 9. The minimum absolute atomic E-state index is 0.0527. The van der Waals surface area contributed by atoms with E-state index < -0.39 is 0 Å². The van der Waals surface area contributed by atoms with Crippen LogP contribution in [0.4, 0.5) is 5.69 Å². The molecular weight excluding hydrogens is 406 g/mol. The third-order valence-corrected chi connectivity index (χ3v) is 7.35. The molecule has 1 spiro atoms. The van der Waals surface area contributed by atoms with Crippen molar-refractivity contribution in [3.63, 3.8) is 0 Å². The fourth-order valence-electron chi connectivity index (χ4n) is 5.42. The summed E-state index contributed by atoms with van der Waals surface area (Å²) >= 11 is 0. The zero-order chi connectivity index (χ0) is 22.9. The van der Waals surface area contributed by atoms with Gasteiger partial charge >= 0.3 is 5.97 Å². The summed E-state index contributed by atoms with van der Waals surface area (Å²) in [5.41, 5.74) is 8.43. The summed E-state index contributed by atoms with van der Waals surface area (Å²) < 4.78 is 24.1. The van der Waals surface area contributed by atoms with Gasteiger partial charge in [0.15, 0.2) is 0 Å². The van der Waals surface area contributed by atoms with Crippen LogP contribution in [0.25, 0.3) is 0 Å². The average molecular weight is 444 g/mol. The number of methoxy groups -OCH3 is 1. The molecule has 0 unspecified atom stereocenters. The molecule has 1 aromatic carbocycles. The van der Waals surface area contributed by atoms with Crippen LogP contribution in [-0.4, -0.2) is 49.2 Å². The monoisotopic (exact) mass is 443 g/mol. The first-order valence-corrected chi connectivity index (χ1v) is 11.8. The maximum atomic E-state index is 12.6. The Hall–Kier alpha value is -1.89. The topological polar surface area (TPSA) is 86.6 Å². The Bertz CT molecular complexity index is 842. The molecule has 3 aliphatic rings. The number of esters is 1. The Kier molecular flexibility index (Phi) is 6.66. The number of ether oxygens (including phenoxy) is 4. The highest BCUT2D eigenvalue weighted by atomic mass is 16.6. The van der Waals surface area contributed by atoms with Gasteiger partial charge in [-0.15, -0.1) is 0 Å². The molecule has 1 aliphatic carbocycles. The molecule has 4 rings (SSSR count). The molecule has 6 heteroatoms. The highest BCUT2D eigenvalue weighted by Gasteiger charge is 2.72. The number of hydrogen-bond donors (Lipinski definition) is 1. The molecule has 176 valence electrons.